The monoisotopic (exact) mass is 550 g/mol. The quantitative estimate of drug-likeness (QED) is 0.400. The van der Waals surface area contributed by atoms with Crippen LogP contribution in [0.4, 0.5) is 0 Å². The maximum absolute atomic E-state index is 12.7. The van der Waals surface area contributed by atoms with Crippen LogP contribution in [0.2, 0.25) is 0 Å². The lowest BCUT2D eigenvalue weighted by molar-refractivity contribution is 0.0383. The Labute approximate surface area is 234 Å². The molecule has 5 rings (SSSR count). The highest BCUT2D eigenvalue weighted by Gasteiger charge is 2.19. The lowest BCUT2D eigenvalue weighted by Gasteiger charge is -2.26. The summed E-state index contributed by atoms with van der Waals surface area (Å²) in [6.07, 6.45) is 0. The predicted octanol–water partition coefficient (Wildman–Crippen LogP) is 4.43. The van der Waals surface area contributed by atoms with Crippen LogP contribution in [0.15, 0.2) is 47.8 Å². The smallest absolute Gasteiger partial charge is 0.270 e. The minimum Gasteiger partial charge on any atom is -0.454 e. The summed E-state index contributed by atoms with van der Waals surface area (Å²) in [5, 5.41) is 5.79. The number of aromatic nitrogens is 1. The van der Waals surface area contributed by atoms with E-state index in [0.29, 0.717) is 18.8 Å². The third-order valence-electron chi connectivity index (χ3n) is 7.03. The van der Waals surface area contributed by atoms with Crippen LogP contribution < -0.4 is 14.8 Å². The van der Waals surface area contributed by atoms with E-state index in [4.69, 9.17) is 14.2 Å². The molecule has 0 bridgehead atoms. The molecule has 0 unspecified atom stereocenters. The molecule has 3 aromatic rings. The molecular formula is C30H38N4O4S. The van der Waals surface area contributed by atoms with Crippen LogP contribution in [0.5, 0.6) is 11.5 Å². The van der Waals surface area contributed by atoms with Gasteiger partial charge in [0.25, 0.3) is 5.91 Å². The fourth-order valence-electron chi connectivity index (χ4n) is 4.76. The molecule has 1 amide bonds. The van der Waals surface area contributed by atoms with Crippen molar-refractivity contribution in [1.82, 2.24) is 20.1 Å². The van der Waals surface area contributed by atoms with Crippen LogP contribution in [-0.4, -0.2) is 66.9 Å². The number of fused-ring (bicyclic) bond motifs is 1. The molecule has 0 atom stereocenters. The van der Waals surface area contributed by atoms with Crippen LogP contribution in [0, 0.1) is 0 Å². The van der Waals surface area contributed by atoms with Gasteiger partial charge in [-0.3, -0.25) is 14.6 Å². The number of carbonyl (C=O) groups excluding carboxylic acids is 1. The van der Waals surface area contributed by atoms with Gasteiger partial charge in [0.2, 0.25) is 6.79 Å². The maximum Gasteiger partial charge on any atom is 0.270 e. The molecule has 2 aliphatic heterocycles. The summed E-state index contributed by atoms with van der Waals surface area (Å²) in [5.74, 6) is 1.45. The zero-order chi connectivity index (χ0) is 27.2. The summed E-state index contributed by atoms with van der Waals surface area (Å²) in [6, 6.07) is 15.0. The summed E-state index contributed by atoms with van der Waals surface area (Å²) < 4.78 is 16.5. The molecule has 208 valence electrons. The average molecular weight is 551 g/mol. The number of hydrogen-bond acceptors (Lipinski definition) is 8. The van der Waals surface area contributed by atoms with E-state index in [2.05, 4.69) is 71.2 Å². The molecule has 8 nitrogen and oxygen atoms in total. The standard InChI is InChI=1S/C30H38N4O4S/c1-30(2,3)24-7-4-22(5-8-24)17-34(18-23-6-9-26-27(16-23)38-21-37-26)19-28-32-25(20-39-28)29(35)31-10-11-33-12-14-36-15-13-33/h4-9,16,20H,10-15,17-19,21H2,1-3H3,(H,31,35). The lowest BCUT2D eigenvalue weighted by Crippen LogP contribution is -2.41. The number of nitrogens with one attached hydrogen (secondary N) is 1. The van der Waals surface area contributed by atoms with Gasteiger partial charge in [0.1, 0.15) is 10.7 Å². The normalized spacial score (nSPS) is 15.6. The first kappa shape index (κ1) is 27.6. The van der Waals surface area contributed by atoms with Gasteiger partial charge >= 0.3 is 0 Å². The minimum absolute atomic E-state index is 0.116. The Morgan fingerprint density at radius 3 is 2.49 bits per heavy atom. The molecule has 2 aliphatic rings. The molecule has 0 aliphatic carbocycles. The molecule has 0 spiro atoms. The summed E-state index contributed by atoms with van der Waals surface area (Å²) in [4.78, 5) is 22.1. The molecule has 1 N–H and O–H groups in total. The SMILES string of the molecule is CC(C)(C)c1ccc(CN(Cc2ccc3c(c2)OCO3)Cc2nc(C(=O)NCCN3CCOCC3)cs2)cc1. The second-order valence-corrected chi connectivity index (χ2v) is 12.1. The zero-order valence-electron chi connectivity index (χ0n) is 23.1. The molecule has 0 saturated carbocycles. The molecule has 9 heteroatoms. The third kappa shape index (κ3) is 7.57. The molecular weight excluding hydrogens is 512 g/mol. The van der Waals surface area contributed by atoms with Gasteiger partial charge in [-0.25, -0.2) is 4.98 Å². The van der Waals surface area contributed by atoms with Crippen molar-refractivity contribution in [2.45, 2.75) is 45.8 Å². The van der Waals surface area contributed by atoms with Gasteiger partial charge in [-0.15, -0.1) is 11.3 Å². The molecule has 1 aromatic heterocycles. The van der Waals surface area contributed by atoms with Crippen LogP contribution >= 0.6 is 11.3 Å². The van der Waals surface area contributed by atoms with Gasteiger partial charge in [-0.05, 0) is 34.2 Å². The molecule has 1 saturated heterocycles. The first-order valence-corrected chi connectivity index (χ1v) is 14.4. The highest BCUT2D eigenvalue weighted by Crippen LogP contribution is 2.33. The minimum atomic E-state index is -0.120. The number of thiazole rings is 1. The topological polar surface area (TPSA) is 76.2 Å². The van der Waals surface area contributed by atoms with Crippen molar-refractivity contribution in [1.29, 1.82) is 0 Å². The highest BCUT2D eigenvalue weighted by atomic mass is 32.1. The summed E-state index contributed by atoms with van der Waals surface area (Å²) in [6.45, 7) is 13.8. The van der Waals surface area contributed by atoms with Crippen molar-refractivity contribution in [3.63, 3.8) is 0 Å². The van der Waals surface area contributed by atoms with E-state index in [1.807, 2.05) is 17.5 Å². The predicted molar refractivity (Wildman–Crippen MR) is 152 cm³/mol. The largest absolute Gasteiger partial charge is 0.454 e. The van der Waals surface area contributed by atoms with Gasteiger partial charge in [0, 0.05) is 44.6 Å². The van der Waals surface area contributed by atoms with Crippen molar-refractivity contribution in [2.75, 3.05) is 46.2 Å². The first-order chi connectivity index (χ1) is 18.8. The van der Waals surface area contributed by atoms with Crippen molar-refractivity contribution in [3.05, 3.63) is 75.2 Å². The molecule has 1 fully saturated rings. The van der Waals surface area contributed by atoms with Crippen LogP contribution in [0.25, 0.3) is 0 Å². The Hall–Kier alpha value is -2.98. The van der Waals surface area contributed by atoms with Crippen molar-refractivity contribution < 1.29 is 19.0 Å². The Kier molecular flexibility index (Phi) is 8.82. The first-order valence-electron chi connectivity index (χ1n) is 13.6. The number of nitrogens with zero attached hydrogens (tertiary/aromatic N) is 3. The Morgan fingerprint density at radius 1 is 1.00 bits per heavy atom. The van der Waals surface area contributed by atoms with E-state index < -0.39 is 0 Å². The van der Waals surface area contributed by atoms with Gasteiger partial charge in [0.05, 0.1) is 19.8 Å². The number of ether oxygens (including phenoxy) is 3. The van der Waals surface area contributed by atoms with Crippen LogP contribution in [0.1, 0.15) is 53.0 Å². The number of rotatable bonds is 10. The number of morpholine rings is 1. The fraction of sp³-hybridized carbons (Fsp3) is 0.467. The van der Waals surface area contributed by atoms with E-state index in [1.54, 1.807) is 0 Å². The van der Waals surface area contributed by atoms with Gasteiger partial charge in [-0.1, -0.05) is 51.1 Å². The van der Waals surface area contributed by atoms with E-state index in [9.17, 15) is 4.79 Å². The third-order valence-corrected chi connectivity index (χ3v) is 7.86. The summed E-state index contributed by atoms with van der Waals surface area (Å²) in [7, 11) is 0. The summed E-state index contributed by atoms with van der Waals surface area (Å²) in [5.41, 5.74) is 4.29. The molecule has 2 aromatic carbocycles. The van der Waals surface area contributed by atoms with E-state index in [0.717, 1.165) is 68.0 Å². The van der Waals surface area contributed by atoms with Gasteiger partial charge in [0.15, 0.2) is 11.5 Å². The van der Waals surface area contributed by atoms with Gasteiger partial charge < -0.3 is 19.5 Å². The van der Waals surface area contributed by atoms with Crippen molar-refractivity contribution in [2.24, 2.45) is 0 Å². The average Bonchev–Trinajstić information content (AvgIpc) is 3.58. The Balaban J connectivity index is 1.24. The number of carbonyl (C=O) groups is 1. The van der Waals surface area contributed by atoms with E-state index in [1.165, 1.54) is 22.5 Å². The van der Waals surface area contributed by atoms with E-state index >= 15 is 0 Å². The van der Waals surface area contributed by atoms with Crippen LogP contribution in [-0.2, 0) is 29.8 Å². The van der Waals surface area contributed by atoms with E-state index in [-0.39, 0.29) is 18.1 Å². The van der Waals surface area contributed by atoms with Gasteiger partial charge in [-0.2, -0.15) is 0 Å². The number of benzene rings is 2. The van der Waals surface area contributed by atoms with Crippen molar-refractivity contribution in [3.8, 4) is 11.5 Å². The number of amides is 1. The molecule has 3 heterocycles. The second-order valence-electron chi connectivity index (χ2n) is 11.1. The Bertz CT molecular complexity index is 1250. The molecule has 0 radical (unpaired) electrons. The zero-order valence-corrected chi connectivity index (χ0v) is 23.9. The number of hydrogen-bond donors (Lipinski definition) is 1. The second kappa shape index (κ2) is 12.5. The van der Waals surface area contributed by atoms with Crippen molar-refractivity contribution >= 4 is 17.2 Å². The highest BCUT2D eigenvalue weighted by molar-refractivity contribution is 7.09. The lowest BCUT2D eigenvalue weighted by atomic mass is 9.87. The Morgan fingerprint density at radius 2 is 1.72 bits per heavy atom. The fourth-order valence-corrected chi connectivity index (χ4v) is 5.57. The summed E-state index contributed by atoms with van der Waals surface area (Å²) >= 11 is 1.53. The maximum atomic E-state index is 12.7. The molecule has 39 heavy (non-hydrogen) atoms. The van der Waals surface area contributed by atoms with Crippen LogP contribution in [0.3, 0.4) is 0 Å².